The summed E-state index contributed by atoms with van der Waals surface area (Å²) in [7, 11) is 1.17. The van der Waals surface area contributed by atoms with E-state index in [4.69, 9.17) is 5.11 Å². The number of ether oxygens (including phenoxy) is 1. The van der Waals surface area contributed by atoms with E-state index >= 15 is 0 Å². The molecule has 1 aliphatic heterocycles. The highest BCUT2D eigenvalue weighted by atomic mass is 19.4. The third-order valence-electron chi connectivity index (χ3n) is 5.78. The molecule has 1 atom stereocenters. The lowest BCUT2D eigenvalue weighted by Gasteiger charge is -2.54. The third kappa shape index (κ3) is 3.68. The first kappa shape index (κ1) is 19.3. The molecule has 1 heterocycles. The Kier molecular flexibility index (Phi) is 4.96. The van der Waals surface area contributed by atoms with Gasteiger partial charge in [-0.3, -0.25) is 0 Å². The van der Waals surface area contributed by atoms with Gasteiger partial charge in [-0.05, 0) is 49.3 Å². The molecular weight excluding hydrogens is 365 g/mol. The number of esters is 1. The number of methoxy groups -OCH3 is 1. The average Bonchev–Trinajstić information content (AvgIpc) is 2.63. The molecular formula is C18H21F3N2O4. The number of carboxylic acid groups (broad SMARTS) is 1. The van der Waals surface area contributed by atoms with Crippen molar-refractivity contribution in [3.63, 3.8) is 0 Å². The summed E-state index contributed by atoms with van der Waals surface area (Å²) in [5.41, 5.74) is -1.15. The number of carbonyl (C=O) groups excluding carboxylic acids is 1. The van der Waals surface area contributed by atoms with Gasteiger partial charge >= 0.3 is 18.2 Å². The molecule has 1 spiro atoms. The van der Waals surface area contributed by atoms with Gasteiger partial charge in [-0.25, -0.2) is 9.59 Å². The zero-order valence-electron chi connectivity index (χ0n) is 14.8. The number of likely N-dealkylation sites (tertiary alicyclic amines) is 1. The van der Waals surface area contributed by atoms with Crippen LogP contribution in [0.3, 0.4) is 0 Å². The molecule has 0 bridgehead atoms. The first-order valence-electron chi connectivity index (χ1n) is 8.70. The summed E-state index contributed by atoms with van der Waals surface area (Å²) in [5, 5.41) is 12.1. The van der Waals surface area contributed by atoms with Crippen LogP contribution in [0.15, 0.2) is 18.2 Å². The van der Waals surface area contributed by atoms with Crippen molar-refractivity contribution < 1.29 is 32.6 Å². The van der Waals surface area contributed by atoms with Crippen LogP contribution in [0.1, 0.15) is 41.6 Å². The van der Waals surface area contributed by atoms with Crippen molar-refractivity contribution in [2.45, 2.75) is 37.9 Å². The number of piperidine rings is 1. The standard InChI is InChI=1S/C18H21F3N2O4/c1-27-15(24)11-2-3-12(18(19,20)21)13(10-11)22-14-4-5-17(14)6-8-23(9-7-17)16(25)26/h2-3,10,14,22H,4-9H2,1H3,(H,25,26)/t14-/m0/s1. The molecule has 0 radical (unpaired) electrons. The maximum Gasteiger partial charge on any atom is 0.418 e. The largest absolute Gasteiger partial charge is 0.465 e. The van der Waals surface area contributed by atoms with E-state index in [1.54, 1.807) is 0 Å². The van der Waals surface area contributed by atoms with Gasteiger partial charge in [0, 0.05) is 24.8 Å². The van der Waals surface area contributed by atoms with E-state index in [1.165, 1.54) is 18.1 Å². The van der Waals surface area contributed by atoms with Gasteiger partial charge in [0.25, 0.3) is 0 Å². The Balaban J connectivity index is 1.82. The number of rotatable bonds is 3. The molecule has 0 unspecified atom stereocenters. The Bertz CT molecular complexity index is 743. The normalized spacial score (nSPS) is 21.5. The van der Waals surface area contributed by atoms with Crippen LogP contribution in [0.2, 0.25) is 0 Å². The summed E-state index contributed by atoms with van der Waals surface area (Å²) in [6, 6.07) is 2.96. The number of nitrogens with zero attached hydrogens (tertiary/aromatic N) is 1. The molecule has 1 amide bonds. The predicted octanol–water partition coefficient (Wildman–Crippen LogP) is 3.83. The van der Waals surface area contributed by atoms with Gasteiger partial charge in [0.1, 0.15) is 0 Å². The second-order valence-corrected chi connectivity index (χ2v) is 7.12. The topological polar surface area (TPSA) is 78.9 Å². The molecule has 2 fully saturated rings. The second-order valence-electron chi connectivity index (χ2n) is 7.12. The molecule has 27 heavy (non-hydrogen) atoms. The van der Waals surface area contributed by atoms with Crippen molar-refractivity contribution in [3.05, 3.63) is 29.3 Å². The van der Waals surface area contributed by atoms with Crippen LogP contribution < -0.4 is 5.32 Å². The quantitative estimate of drug-likeness (QED) is 0.772. The first-order chi connectivity index (χ1) is 12.7. The van der Waals surface area contributed by atoms with Crippen LogP contribution in [0.25, 0.3) is 0 Å². The molecule has 1 saturated carbocycles. The van der Waals surface area contributed by atoms with Crippen LogP contribution in [-0.2, 0) is 10.9 Å². The molecule has 3 rings (SSSR count). The van der Waals surface area contributed by atoms with Crippen molar-refractivity contribution in [2.24, 2.45) is 5.41 Å². The number of nitrogens with one attached hydrogen (secondary N) is 1. The minimum Gasteiger partial charge on any atom is -0.465 e. The number of hydrogen-bond donors (Lipinski definition) is 2. The lowest BCUT2D eigenvalue weighted by molar-refractivity contribution is -0.137. The molecule has 1 aromatic carbocycles. The van der Waals surface area contributed by atoms with E-state index in [0.717, 1.165) is 18.6 Å². The summed E-state index contributed by atoms with van der Waals surface area (Å²) in [5.74, 6) is -0.704. The molecule has 1 aromatic rings. The van der Waals surface area contributed by atoms with E-state index in [9.17, 15) is 22.8 Å². The SMILES string of the molecule is COC(=O)c1ccc(C(F)(F)F)c(N[C@H]2CCC23CCN(C(=O)O)CC3)c1. The predicted molar refractivity (Wildman–Crippen MR) is 90.7 cm³/mol. The van der Waals surface area contributed by atoms with E-state index in [2.05, 4.69) is 10.1 Å². The fourth-order valence-corrected chi connectivity index (χ4v) is 4.01. The number of benzene rings is 1. The fraction of sp³-hybridized carbons (Fsp3) is 0.556. The van der Waals surface area contributed by atoms with Crippen molar-refractivity contribution in [1.29, 1.82) is 0 Å². The average molecular weight is 386 g/mol. The third-order valence-corrected chi connectivity index (χ3v) is 5.78. The van der Waals surface area contributed by atoms with Gasteiger partial charge in [-0.1, -0.05) is 0 Å². The van der Waals surface area contributed by atoms with Crippen molar-refractivity contribution in [1.82, 2.24) is 4.90 Å². The number of alkyl halides is 3. The summed E-state index contributed by atoms with van der Waals surface area (Å²) < 4.78 is 44.7. The van der Waals surface area contributed by atoms with Crippen LogP contribution in [0.4, 0.5) is 23.7 Å². The van der Waals surface area contributed by atoms with E-state index in [0.29, 0.717) is 32.4 Å². The highest BCUT2D eigenvalue weighted by Gasteiger charge is 2.49. The van der Waals surface area contributed by atoms with Gasteiger partial charge < -0.3 is 20.1 Å². The van der Waals surface area contributed by atoms with Gasteiger partial charge in [0.05, 0.1) is 18.2 Å². The lowest BCUT2D eigenvalue weighted by atomic mass is 9.59. The van der Waals surface area contributed by atoms with Crippen LogP contribution in [-0.4, -0.2) is 48.3 Å². The van der Waals surface area contributed by atoms with E-state index in [-0.39, 0.29) is 22.7 Å². The molecule has 6 nitrogen and oxygen atoms in total. The lowest BCUT2D eigenvalue weighted by Crippen LogP contribution is -2.56. The summed E-state index contributed by atoms with van der Waals surface area (Å²) >= 11 is 0. The fourth-order valence-electron chi connectivity index (χ4n) is 4.01. The number of hydrogen-bond acceptors (Lipinski definition) is 4. The highest BCUT2D eigenvalue weighted by Crippen LogP contribution is 2.51. The second kappa shape index (κ2) is 6.94. The Hall–Kier alpha value is -2.45. The van der Waals surface area contributed by atoms with Crippen molar-refractivity contribution in [2.75, 3.05) is 25.5 Å². The molecule has 9 heteroatoms. The molecule has 1 aliphatic carbocycles. The summed E-state index contributed by atoms with van der Waals surface area (Å²) in [6.07, 6.45) is -2.77. The van der Waals surface area contributed by atoms with E-state index in [1.807, 2.05) is 0 Å². The Morgan fingerprint density at radius 2 is 1.93 bits per heavy atom. The number of amides is 1. The van der Waals surface area contributed by atoms with Crippen LogP contribution in [0, 0.1) is 5.41 Å². The van der Waals surface area contributed by atoms with Crippen molar-refractivity contribution in [3.8, 4) is 0 Å². The Morgan fingerprint density at radius 1 is 1.26 bits per heavy atom. The van der Waals surface area contributed by atoms with Gasteiger partial charge in [-0.2, -0.15) is 13.2 Å². The van der Waals surface area contributed by atoms with Gasteiger partial charge in [0.15, 0.2) is 0 Å². The smallest absolute Gasteiger partial charge is 0.418 e. The number of anilines is 1. The maximum atomic E-state index is 13.4. The Morgan fingerprint density at radius 3 is 2.41 bits per heavy atom. The molecule has 2 aliphatic rings. The summed E-state index contributed by atoms with van der Waals surface area (Å²) in [4.78, 5) is 24.1. The van der Waals surface area contributed by atoms with E-state index < -0.39 is 23.8 Å². The summed E-state index contributed by atoms with van der Waals surface area (Å²) in [6.45, 7) is 0.754. The minimum atomic E-state index is -4.55. The molecule has 1 saturated heterocycles. The van der Waals surface area contributed by atoms with Crippen molar-refractivity contribution >= 4 is 17.7 Å². The minimum absolute atomic E-state index is 0.0436. The molecule has 0 aromatic heterocycles. The zero-order valence-corrected chi connectivity index (χ0v) is 14.8. The van der Waals surface area contributed by atoms with Gasteiger partial charge in [-0.15, -0.1) is 0 Å². The molecule has 148 valence electrons. The monoisotopic (exact) mass is 386 g/mol. The zero-order chi connectivity index (χ0) is 19.8. The first-order valence-corrected chi connectivity index (χ1v) is 8.70. The number of carbonyl (C=O) groups is 2. The number of halogens is 3. The van der Waals surface area contributed by atoms with Crippen LogP contribution in [0.5, 0.6) is 0 Å². The maximum absolute atomic E-state index is 13.4. The Labute approximate surface area is 154 Å². The highest BCUT2D eigenvalue weighted by molar-refractivity contribution is 5.90. The molecule has 2 N–H and O–H groups in total. The van der Waals surface area contributed by atoms with Crippen LogP contribution >= 0.6 is 0 Å². The van der Waals surface area contributed by atoms with Gasteiger partial charge in [0.2, 0.25) is 0 Å².